The van der Waals surface area contributed by atoms with Gasteiger partial charge in [0.25, 0.3) is 5.91 Å². The van der Waals surface area contributed by atoms with E-state index in [9.17, 15) is 4.79 Å². The summed E-state index contributed by atoms with van der Waals surface area (Å²) in [6.07, 6.45) is 4.33. The Morgan fingerprint density at radius 2 is 2.13 bits per heavy atom. The van der Waals surface area contributed by atoms with Gasteiger partial charge >= 0.3 is 0 Å². The van der Waals surface area contributed by atoms with Gasteiger partial charge in [0.2, 0.25) is 0 Å². The predicted molar refractivity (Wildman–Crippen MR) is 98.8 cm³/mol. The van der Waals surface area contributed by atoms with Crippen LogP contribution in [0.1, 0.15) is 33.2 Å². The van der Waals surface area contributed by atoms with Gasteiger partial charge in [0.1, 0.15) is 0 Å². The molecule has 1 unspecified atom stereocenters. The molecule has 0 aliphatic carbocycles. The fourth-order valence-electron chi connectivity index (χ4n) is 2.88. The average molecular weight is 391 g/mol. The van der Waals surface area contributed by atoms with Gasteiger partial charge < -0.3 is 4.90 Å². The number of amides is 1. The molecule has 3 rings (SSSR count). The lowest BCUT2D eigenvalue weighted by atomic mass is 10.0. The smallest absolute Gasteiger partial charge is 0.255 e. The van der Waals surface area contributed by atoms with Crippen molar-refractivity contribution in [3.8, 4) is 0 Å². The molecule has 1 aromatic heterocycles. The Hall–Kier alpha value is -1.33. The highest BCUT2D eigenvalue weighted by atomic mass is 79.9. The van der Waals surface area contributed by atoms with Crippen LogP contribution >= 0.6 is 27.7 Å². The fourth-order valence-corrected chi connectivity index (χ4v) is 4.57. The van der Waals surface area contributed by atoms with Crippen LogP contribution in [0.5, 0.6) is 0 Å². The number of nitrogens with zero attached hydrogens (tertiary/aromatic N) is 2. The number of thioether (sulfide) groups is 1. The molecule has 0 bridgehead atoms. The maximum absolute atomic E-state index is 12.7. The zero-order valence-electron chi connectivity index (χ0n) is 13.0. The van der Waals surface area contributed by atoms with Gasteiger partial charge in [-0.3, -0.25) is 9.78 Å². The molecule has 120 valence electrons. The largest absolute Gasteiger partial charge is 0.338 e. The molecule has 1 amide bonds. The quantitative estimate of drug-likeness (QED) is 0.757. The fraction of sp³-hybridized carbons (Fsp3) is 0.333. The molecule has 3 nitrogen and oxygen atoms in total. The van der Waals surface area contributed by atoms with Crippen LogP contribution in [0.15, 0.2) is 47.2 Å². The predicted octanol–water partition coefficient (Wildman–Crippen LogP) is 4.47. The van der Waals surface area contributed by atoms with Crippen molar-refractivity contribution >= 4 is 33.6 Å². The maximum Gasteiger partial charge on any atom is 0.255 e. The first kappa shape index (κ1) is 16.5. The minimum Gasteiger partial charge on any atom is -0.338 e. The highest BCUT2D eigenvalue weighted by Crippen LogP contribution is 2.36. The van der Waals surface area contributed by atoms with E-state index < -0.39 is 0 Å². The average Bonchev–Trinajstić information content (AvgIpc) is 2.80. The van der Waals surface area contributed by atoms with Crippen molar-refractivity contribution in [3.63, 3.8) is 0 Å². The number of benzene rings is 1. The Morgan fingerprint density at radius 1 is 1.30 bits per heavy atom. The van der Waals surface area contributed by atoms with Gasteiger partial charge in [0.05, 0.1) is 5.56 Å². The third-order valence-corrected chi connectivity index (χ3v) is 5.86. The molecule has 2 heterocycles. The Kier molecular flexibility index (Phi) is 5.38. The van der Waals surface area contributed by atoms with E-state index >= 15 is 0 Å². The number of hydrogen-bond donors (Lipinski definition) is 0. The summed E-state index contributed by atoms with van der Waals surface area (Å²) >= 11 is 5.33. The summed E-state index contributed by atoms with van der Waals surface area (Å²) < 4.78 is 0.838. The summed E-state index contributed by atoms with van der Waals surface area (Å²) in [6.45, 7) is 3.74. The summed E-state index contributed by atoms with van der Waals surface area (Å²) in [5.41, 5.74) is 3.38. The molecule has 0 radical (unpaired) electrons. The summed E-state index contributed by atoms with van der Waals surface area (Å²) in [5, 5.41) is 0.467. The normalized spacial score (nSPS) is 18.5. The molecular weight excluding hydrogens is 372 g/mol. The van der Waals surface area contributed by atoms with Crippen LogP contribution in [0.4, 0.5) is 0 Å². The van der Waals surface area contributed by atoms with Crippen molar-refractivity contribution in [1.82, 2.24) is 9.88 Å². The molecule has 1 atom stereocenters. The number of carbonyl (C=O) groups excluding carboxylic acids is 1. The molecule has 1 fully saturated rings. The van der Waals surface area contributed by atoms with Gasteiger partial charge in [0, 0.05) is 41.0 Å². The summed E-state index contributed by atoms with van der Waals surface area (Å²) in [6, 6.07) is 10.4. The zero-order valence-corrected chi connectivity index (χ0v) is 15.4. The number of pyridine rings is 1. The lowest BCUT2D eigenvalue weighted by Gasteiger charge is -2.20. The second kappa shape index (κ2) is 7.49. The van der Waals surface area contributed by atoms with Crippen LogP contribution in [-0.4, -0.2) is 34.6 Å². The van der Waals surface area contributed by atoms with Crippen molar-refractivity contribution in [2.24, 2.45) is 0 Å². The van der Waals surface area contributed by atoms with E-state index in [1.165, 1.54) is 11.1 Å². The third kappa shape index (κ3) is 3.96. The van der Waals surface area contributed by atoms with Gasteiger partial charge in [-0.05, 0) is 46.5 Å². The summed E-state index contributed by atoms with van der Waals surface area (Å²) in [7, 11) is 0. The topological polar surface area (TPSA) is 33.2 Å². The van der Waals surface area contributed by atoms with Crippen LogP contribution in [0.25, 0.3) is 0 Å². The standard InChI is InChI=1S/C18H19BrN2OS/c1-13-4-2-3-5-16(13)17-6-7-21(8-9-23-17)18(22)14-10-15(19)12-20-11-14/h2-5,10-12,17H,6-9H2,1H3. The summed E-state index contributed by atoms with van der Waals surface area (Å²) in [5.74, 6) is 1.04. The van der Waals surface area contributed by atoms with Crippen LogP contribution in [0.2, 0.25) is 0 Å². The first-order valence-corrected chi connectivity index (χ1v) is 9.56. The van der Waals surface area contributed by atoms with Crippen LogP contribution in [-0.2, 0) is 0 Å². The third-order valence-electron chi connectivity index (χ3n) is 4.12. The Bertz CT molecular complexity index is 707. The number of aryl methyl sites for hydroxylation is 1. The molecule has 1 aliphatic rings. The summed E-state index contributed by atoms with van der Waals surface area (Å²) in [4.78, 5) is 18.7. The van der Waals surface area contributed by atoms with Crippen molar-refractivity contribution < 1.29 is 4.79 Å². The molecular formula is C18H19BrN2OS. The van der Waals surface area contributed by atoms with E-state index in [1.807, 2.05) is 22.7 Å². The Morgan fingerprint density at radius 3 is 2.91 bits per heavy atom. The van der Waals surface area contributed by atoms with Crippen molar-refractivity contribution in [2.45, 2.75) is 18.6 Å². The zero-order chi connectivity index (χ0) is 16.2. The first-order valence-electron chi connectivity index (χ1n) is 7.72. The molecule has 0 spiro atoms. The Balaban J connectivity index is 1.71. The molecule has 0 saturated carbocycles. The van der Waals surface area contributed by atoms with Crippen molar-refractivity contribution in [2.75, 3.05) is 18.8 Å². The van der Waals surface area contributed by atoms with Crippen LogP contribution < -0.4 is 0 Å². The highest BCUT2D eigenvalue weighted by Gasteiger charge is 2.23. The van der Waals surface area contributed by atoms with E-state index in [0.29, 0.717) is 10.8 Å². The van der Waals surface area contributed by atoms with E-state index in [0.717, 1.165) is 29.7 Å². The first-order chi connectivity index (χ1) is 11.1. The van der Waals surface area contributed by atoms with E-state index in [2.05, 4.69) is 52.1 Å². The Labute approximate surface area is 149 Å². The minimum atomic E-state index is 0.0739. The number of aromatic nitrogens is 1. The molecule has 5 heteroatoms. The molecule has 1 aromatic carbocycles. The molecule has 1 saturated heterocycles. The minimum absolute atomic E-state index is 0.0739. The van der Waals surface area contributed by atoms with E-state index in [1.54, 1.807) is 12.4 Å². The number of halogens is 1. The van der Waals surface area contributed by atoms with Gasteiger partial charge in [-0.25, -0.2) is 0 Å². The number of rotatable bonds is 2. The second-order valence-electron chi connectivity index (χ2n) is 5.69. The van der Waals surface area contributed by atoms with E-state index in [4.69, 9.17) is 0 Å². The van der Waals surface area contributed by atoms with Gasteiger partial charge in [-0.2, -0.15) is 11.8 Å². The lowest BCUT2D eigenvalue weighted by molar-refractivity contribution is 0.0766. The lowest BCUT2D eigenvalue weighted by Crippen LogP contribution is -2.33. The molecule has 2 aromatic rings. The van der Waals surface area contributed by atoms with E-state index in [-0.39, 0.29) is 5.91 Å². The van der Waals surface area contributed by atoms with Gasteiger partial charge in [-0.1, -0.05) is 24.3 Å². The molecule has 1 aliphatic heterocycles. The monoisotopic (exact) mass is 390 g/mol. The van der Waals surface area contributed by atoms with Crippen LogP contribution in [0, 0.1) is 6.92 Å². The second-order valence-corrected chi connectivity index (χ2v) is 7.92. The number of hydrogen-bond acceptors (Lipinski definition) is 3. The molecule has 23 heavy (non-hydrogen) atoms. The maximum atomic E-state index is 12.7. The van der Waals surface area contributed by atoms with Crippen LogP contribution in [0.3, 0.4) is 0 Å². The van der Waals surface area contributed by atoms with Crippen molar-refractivity contribution in [3.05, 3.63) is 63.9 Å². The van der Waals surface area contributed by atoms with Gasteiger partial charge in [-0.15, -0.1) is 0 Å². The number of carbonyl (C=O) groups is 1. The van der Waals surface area contributed by atoms with Crippen molar-refractivity contribution in [1.29, 1.82) is 0 Å². The molecule has 0 N–H and O–H groups in total. The SMILES string of the molecule is Cc1ccccc1C1CCN(C(=O)c2cncc(Br)c2)CCS1. The highest BCUT2D eigenvalue weighted by molar-refractivity contribution is 9.10. The van der Waals surface area contributed by atoms with Gasteiger partial charge in [0.15, 0.2) is 0 Å².